The third-order valence-corrected chi connectivity index (χ3v) is 4.80. The third kappa shape index (κ3) is 2.49. The topological polar surface area (TPSA) is 95.2 Å². The van der Waals surface area contributed by atoms with Crippen molar-refractivity contribution in [3.63, 3.8) is 0 Å². The number of carbonyl (C=O) groups is 2. The molecule has 4 heterocycles. The van der Waals surface area contributed by atoms with Crippen LogP contribution in [0.3, 0.4) is 0 Å². The van der Waals surface area contributed by atoms with E-state index in [1.807, 2.05) is 0 Å². The summed E-state index contributed by atoms with van der Waals surface area (Å²) < 4.78 is 11.4. The van der Waals surface area contributed by atoms with E-state index in [2.05, 4.69) is 16.3 Å². The van der Waals surface area contributed by atoms with Crippen LogP contribution in [0.15, 0.2) is 11.9 Å². The van der Waals surface area contributed by atoms with Gasteiger partial charge in [0.1, 0.15) is 6.04 Å². The Kier molecular flexibility index (Phi) is 3.52. The van der Waals surface area contributed by atoms with Gasteiger partial charge in [-0.05, 0) is 6.92 Å². The van der Waals surface area contributed by atoms with Crippen molar-refractivity contribution >= 4 is 11.8 Å². The largest absolute Gasteiger partial charge is 0.347 e. The molecule has 3 saturated heterocycles. The van der Waals surface area contributed by atoms with E-state index in [-0.39, 0.29) is 11.8 Å². The number of carbonyl (C=O) groups excluding carboxylic acids is 2. The average molecular weight is 323 g/mol. The van der Waals surface area contributed by atoms with Gasteiger partial charge in [-0.3, -0.25) is 14.6 Å². The molecule has 1 spiro atoms. The normalized spacial score (nSPS) is 32.7. The number of hydrazine groups is 2. The second kappa shape index (κ2) is 5.45. The van der Waals surface area contributed by atoms with Crippen LogP contribution in [0.5, 0.6) is 0 Å². The lowest BCUT2D eigenvalue weighted by atomic mass is 10.0. The number of likely N-dealkylation sites (tertiary alicyclic amines) is 1. The van der Waals surface area contributed by atoms with Crippen LogP contribution in [0.25, 0.3) is 0 Å². The van der Waals surface area contributed by atoms with Gasteiger partial charge in [0.25, 0.3) is 5.91 Å². The first-order chi connectivity index (χ1) is 11.1. The van der Waals surface area contributed by atoms with Crippen LogP contribution in [-0.2, 0) is 19.1 Å². The van der Waals surface area contributed by atoms with Crippen LogP contribution in [0.2, 0.25) is 0 Å². The van der Waals surface area contributed by atoms with Gasteiger partial charge < -0.3 is 19.7 Å². The fraction of sp³-hybridized carbons (Fsp3) is 0.714. The van der Waals surface area contributed by atoms with Crippen LogP contribution in [0.1, 0.15) is 19.8 Å². The van der Waals surface area contributed by atoms with Gasteiger partial charge in [-0.15, -0.1) is 0 Å². The van der Waals surface area contributed by atoms with E-state index in [0.717, 1.165) is 5.70 Å². The smallest absolute Gasteiger partial charge is 0.250 e. The van der Waals surface area contributed by atoms with Crippen molar-refractivity contribution in [3.05, 3.63) is 11.9 Å². The zero-order valence-electron chi connectivity index (χ0n) is 13.0. The van der Waals surface area contributed by atoms with Gasteiger partial charge in [-0.25, -0.2) is 5.43 Å². The number of amides is 2. The summed E-state index contributed by atoms with van der Waals surface area (Å²) >= 11 is 0. The van der Waals surface area contributed by atoms with Crippen LogP contribution in [0, 0.1) is 0 Å². The molecule has 0 aliphatic carbocycles. The van der Waals surface area contributed by atoms with Gasteiger partial charge in [0.2, 0.25) is 5.91 Å². The molecule has 0 bridgehead atoms. The third-order valence-electron chi connectivity index (χ3n) is 4.80. The molecule has 23 heavy (non-hydrogen) atoms. The molecule has 0 saturated carbocycles. The van der Waals surface area contributed by atoms with Crippen LogP contribution < -0.4 is 16.3 Å². The number of nitrogens with one attached hydrogen (secondary N) is 3. The molecule has 4 aliphatic rings. The van der Waals surface area contributed by atoms with E-state index >= 15 is 0 Å². The summed E-state index contributed by atoms with van der Waals surface area (Å²) in [5.74, 6) is -0.774. The summed E-state index contributed by atoms with van der Waals surface area (Å²) in [7, 11) is 0. The van der Waals surface area contributed by atoms with Gasteiger partial charge in [0, 0.05) is 37.8 Å². The first-order valence-corrected chi connectivity index (χ1v) is 7.94. The zero-order chi connectivity index (χ0) is 16.0. The Morgan fingerprint density at radius 3 is 2.70 bits per heavy atom. The summed E-state index contributed by atoms with van der Waals surface area (Å²) in [6, 6.07) is -1.19. The molecule has 9 heteroatoms. The maximum absolute atomic E-state index is 12.8. The lowest BCUT2D eigenvalue weighted by Gasteiger charge is -2.39. The molecule has 126 valence electrons. The van der Waals surface area contributed by atoms with Gasteiger partial charge in [-0.1, -0.05) is 0 Å². The monoisotopic (exact) mass is 323 g/mol. The molecule has 0 aromatic carbocycles. The summed E-state index contributed by atoms with van der Waals surface area (Å²) in [5, 5.41) is 4.41. The van der Waals surface area contributed by atoms with Crippen molar-refractivity contribution in [1.82, 2.24) is 26.2 Å². The SMILES string of the molecule is CC1=CN2NNC(C(=O)N3CCC4(CC3)OCCO4)C2C(=O)N1. The molecular weight excluding hydrogens is 302 g/mol. The Bertz CT molecular complexity index is 549. The number of ether oxygens (including phenoxy) is 2. The molecule has 2 amide bonds. The van der Waals surface area contributed by atoms with Crippen molar-refractivity contribution in [2.24, 2.45) is 0 Å². The molecule has 4 aliphatic heterocycles. The van der Waals surface area contributed by atoms with Crippen molar-refractivity contribution in [2.45, 2.75) is 37.6 Å². The Balaban J connectivity index is 1.43. The lowest BCUT2D eigenvalue weighted by Crippen LogP contribution is -2.58. The Labute approximate surface area is 133 Å². The molecule has 3 N–H and O–H groups in total. The molecule has 0 radical (unpaired) electrons. The molecule has 0 aromatic heterocycles. The minimum Gasteiger partial charge on any atom is -0.347 e. The lowest BCUT2D eigenvalue weighted by molar-refractivity contribution is -0.188. The fourth-order valence-electron chi connectivity index (χ4n) is 3.60. The molecule has 3 fully saturated rings. The number of fused-ring (bicyclic) bond motifs is 1. The summed E-state index contributed by atoms with van der Waals surface area (Å²) in [4.78, 5) is 26.8. The molecular formula is C14H21N5O4. The number of allylic oxidation sites excluding steroid dienone is 1. The Morgan fingerprint density at radius 2 is 2.00 bits per heavy atom. The highest BCUT2D eigenvalue weighted by atomic mass is 16.7. The highest BCUT2D eigenvalue weighted by Gasteiger charge is 2.48. The predicted octanol–water partition coefficient (Wildman–Crippen LogP) is -1.59. The number of piperidine rings is 1. The van der Waals surface area contributed by atoms with Gasteiger partial charge in [0.05, 0.1) is 13.2 Å². The quantitative estimate of drug-likeness (QED) is 0.535. The second-order valence-electron chi connectivity index (χ2n) is 6.32. The Hall–Kier alpha value is -1.68. The predicted molar refractivity (Wildman–Crippen MR) is 78.0 cm³/mol. The molecule has 2 unspecified atom stereocenters. The van der Waals surface area contributed by atoms with E-state index in [4.69, 9.17) is 9.47 Å². The maximum atomic E-state index is 12.8. The van der Waals surface area contributed by atoms with Gasteiger partial charge in [-0.2, -0.15) is 5.53 Å². The van der Waals surface area contributed by atoms with E-state index in [1.54, 1.807) is 23.0 Å². The Morgan fingerprint density at radius 1 is 1.30 bits per heavy atom. The average Bonchev–Trinajstić information content (AvgIpc) is 3.15. The summed E-state index contributed by atoms with van der Waals surface area (Å²) in [6.45, 7) is 4.17. The van der Waals surface area contributed by atoms with Crippen LogP contribution in [0.4, 0.5) is 0 Å². The van der Waals surface area contributed by atoms with Gasteiger partial charge in [0.15, 0.2) is 11.8 Å². The van der Waals surface area contributed by atoms with Crippen molar-refractivity contribution in [3.8, 4) is 0 Å². The first kappa shape index (κ1) is 14.9. The van der Waals surface area contributed by atoms with Crippen LogP contribution >= 0.6 is 0 Å². The minimum absolute atomic E-state index is 0.0825. The highest BCUT2D eigenvalue weighted by molar-refractivity contribution is 5.94. The summed E-state index contributed by atoms with van der Waals surface area (Å²) in [6.07, 6.45) is 3.11. The van der Waals surface area contributed by atoms with Crippen LogP contribution in [-0.4, -0.2) is 65.9 Å². The highest BCUT2D eigenvalue weighted by Crippen LogP contribution is 2.31. The standard InChI is InChI=1S/C14H21N5O4/c1-9-8-19-11(12(20)15-9)10(16-17-19)13(21)18-4-2-14(3-5-18)22-6-7-23-14/h8,10-11,16-17H,2-7H2,1H3,(H,15,20). The molecule has 9 nitrogen and oxygen atoms in total. The minimum atomic E-state index is -0.612. The molecule has 4 rings (SSSR count). The summed E-state index contributed by atoms with van der Waals surface area (Å²) in [5.41, 5.74) is 6.55. The number of hydrogen-bond donors (Lipinski definition) is 3. The number of hydrogen-bond acceptors (Lipinski definition) is 7. The van der Waals surface area contributed by atoms with E-state index in [0.29, 0.717) is 39.1 Å². The van der Waals surface area contributed by atoms with E-state index < -0.39 is 17.9 Å². The van der Waals surface area contributed by atoms with Crippen molar-refractivity contribution in [1.29, 1.82) is 0 Å². The van der Waals surface area contributed by atoms with Gasteiger partial charge >= 0.3 is 0 Å². The second-order valence-corrected chi connectivity index (χ2v) is 6.32. The molecule has 0 aromatic rings. The number of rotatable bonds is 1. The fourth-order valence-corrected chi connectivity index (χ4v) is 3.60. The van der Waals surface area contributed by atoms with Crippen molar-refractivity contribution in [2.75, 3.05) is 26.3 Å². The van der Waals surface area contributed by atoms with Crippen molar-refractivity contribution < 1.29 is 19.1 Å². The van der Waals surface area contributed by atoms with E-state index in [9.17, 15) is 9.59 Å². The maximum Gasteiger partial charge on any atom is 0.250 e. The first-order valence-electron chi connectivity index (χ1n) is 7.94. The van der Waals surface area contributed by atoms with E-state index in [1.165, 1.54) is 0 Å². The number of nitrogens with zero attached hydrogens (tertiary/aromatic N) is 2. The zero-order valence-corrected chi connectivity index (χ0v) is 13.0. The molecule has 2 atom stereocenters.